The fourth-order valence-electron chi connectivity index (χ4n) is 2.11. The fraction of sp³-hybridized carbons (Fsp3) is 0.308. The van der Waals surface area contributed by atoms with E-state index in [1.54, 1.807) is 24.3 Å². The molecule has 0 spiro atoms. The molecule has 1 saturated carbocycles. The third-order valence-electron chi connectivity index (χ3n) is 3.29. The van der Waals surface area contributed by atoms with Gasteiger partial charge in [0.15, 0.2) is 0 Å². The lowest BCUT2D eigenvalue weighted by molar-refractivity contribution is -0.137. The molecular formula is C13H13N5O3. The molecule has 1 aliphatic rings. The van der Waals surface area contributed by atoms with Crippen molar-refractivity contribution in [3.63, 3.8) is 0 Å². The number of carbonyl (C=O) groups excluding carboxylic acids is 1. The van der Waals surface area contributed by atoms with Gasteiger partial charge in [-0.05, 0) is 30.2 Å². The van der Waals surface area contributed by atoms with Crippen molar-refractivity contribution >= 4 is 11.9 Å². The Balaban J connectivity index is 1.79. The SMILES string of the molecule is O=C(O)CN(C(=O)c1ccc(-c2nn[nH]n2)cc1)C1CC1. The first-order valence-corrected chi connectivity index (χ1v) is 6.52. The van der Waals surface area contributed by atoms with Crippen LogP contribution < -0.4 is 0 Å². The Labute approximate surface area is 119 Å². The van der Waals surface area contributed by atoms with Gasteiger partial charge in [-0.15, -0.1) is 10.2 Å². The van der Waals surface area contributed by atoms with Gasteiger partial charge in [0.2, 0.25) is 5.82 Å². The Bertz CT molecular complexity index is 649. The second kappa shape index (κ2) is 5.31. The van der Waals surface area contributed by atoms with Crippen LogP contribution in [0.25, 0.3) is 11.4 Å². The number of carboxylic acid groups (broad SMARTS) is 1. The average Bonchev–Trinajstić information content (AvgIpc) is 3.18. The van der Waals surface area contributed by atoms with Gasteiger partial charge in [0, 0.05) is 17.2 Å². The molecule has 2 aromatic rings. The number of hydrogen-bond acceptors (Lipinski definition) is 5. The smallest absolute Gasteiger partial charge is 0.323 e. The zero-order valence-electron chi connectivity index (χ0n) is 11.1. The van der Waals surface area contributed by atoms with Crippen molar-refractivity contribution in [3.8, 4) is 11.4 Å². The first-order chi connectivity index (χ1) is 10.1. The highest BCUT2D eigenvalue weighted by molar-refractivity contribution is 5.96. The average molecular weight is 287 g/mol. The molecule has 1 fully saturated rings. The lowest BCUT2D eigenvalue weighted by Crippen LogP contribution is -2.37. The fourth-order valence-corrected chi connectivity index (χ4v) is 2.11. The van der Waals surface area contributed by atoms with Gasteiger partial charge in [-0.3, -0.25) is 9.59 Å². The van der Waals surface area contributed by atoms with Gasteiger partial charge in [0.05, 0.1) is 0 Å². The zero-order valence-corrected chi connectivity index (χ0v) is 11.1. The monoisotopic (exact) mass is 287 g/mol. The summed E-state index contributed by atoms with van der Waals surface area (Å²) in [5.74, 6) is -0.822. The van der Waals surface area contributed by atoms with Gasteiger partial charge in [0.25, 0.3) is 5.91 Å². The van der Waals surface area contributed by atoms with Crippen LogP contribution >= 0.6 is 0 Å². The molecule has 0 atom stereocenters. The van der Waals surface area contributed by atoms with E-state index in [0.717, 1.165) is 18.4 Å². The number of carboxylic acids is 1. The zero-order chi connectivity index (χ0) is 14.8. The van der Waals surface area contributed by atoms with E-state index in [4.69, 9.17) is 5.11 Å². The van der Waals surface area contributed by atoms with E-state index in [1.165, 1.54) is 4.90 Å². The van der Waals surface area contributed by atoms with Crippen LogP contribution in [0.5, 0.6) is 0 Å². The van der Waals surface area contributed by atoms with Crippen molar-refractivity contribution in [2.45, 2.75) is 18.9 Å². The van der Waals surface area contributed by atoms with Crippen LogP contribution in [-0.2, 0) is 4.79 Å². The van der Waals surface area contributed by atoms with Crippen molar-refractivity contribution in [2.24, 2.45) is 0 Å². The summed E-state index contributed by atoms with van der Waals surface area (Å²) in [6.07, 6.45) is 1.72. The molecule has 0 bridgehead atoms. The minimum atomic E-state index is -1.00. The number of tetrazole rings is 1. The number of H-pyrrole nitrogens is 1. The summed E-state index contributed by atoms with van der Waals surface area (Å²) in [6, 6.07) is 6.76. The summed E-state index contributed by atoms with van der Waals surface area (Å²) in [7, 11) is 0. The third-order valence-corrected chi connectivity index (χ3v) is 3.29. The van der Waals surface area contributed by atoms with Crippen LogP contribution in [0.2, 0.25) is 0 Å². The molecule has 1 heterocycles. The number of aromatic nitrogens is 4. The number of rotatable bonds is 5. The van der Waals surface area contributed by atoms with Crippen molar-refractivity contribution in [1.29, 1.82) is 0 Å². The van der Waals surface area contributed by atoms with E-state index in [0.29, 0.717) is 11.4 Å². The Morgan fingerprint density at radius 3 is 2.52 bits per heavy atom. The number of aromatic amines is 1. The van der Waals surface area contributed by atoms with Gasteiger partial charge in [-0.25, -0.2) is 0 Å². The van der Waals surface area contributed by atoms with Crippen LogP contribution in [0.4, 0.5) is 0 Å². The van der Waals surface area contributed by atoms with Crippen molar-refractivity contribution < 1.29 is 14.7 Å². The van der Waals surface area contributed by atoms with E-state index in [9.17, 15) is 9.59 Å². The maximum absolute atomic E-state index is 12.4. The highest BCUT2D eigenvalue weighted by atomic mass is 16.4. The highest BCUT2D eigenvalue weighted by Crippen LogP contribution is 2.28. The lowest BCUT2D eigenvalue weighted by Gasteiger charge is -2.20. The lowest BCUT2D eigenvalue weighted by atomic mass is 10.1. The van der Waals surface area contributed by atoms with Crippen LogP contribution in [0.3, 0.4) is 0 Å². The van der Waals surface area contributed by atoms with Crippen molar-refractivity contribution in [2.75, 3.05) is 6.54 Å². The first kappa shape index (κ1) is 13.2. The topological polar surface area (TPSA) is 112 Å². The number of amides is 1. The molecule has 0 unspecified atom stereocenters. The van der Waals surface area contributed by atoms with E-state index < -0.39 is 5.97 Å². The summed E-state index contributed by atoms with van der Waals surface area (Å²) in [5.41, 5.74) is 1.19. The minimum absolute atomic E-state index is 0.0467. The molecule has 3 rings (SSSR count). The van der Waals surface area contributed by atoms with Crippen molar-refractivity contribution in [3.05, 3.63) is 29.8 Å². The molecule has 8 heteroatoms. The Morgan fingerprint density at radius 1 is 1.29 bits per heavy atom. The van der Waals surface area contributed by atoms with Gasteiger partial charge in [-0.1, -0.05) is 12.1 Å². The molecule has 1 aromatic heterocycles. The predicted molar refractivity (Wildman–Crippen MR) is 71.3 cm³/mol. The summed E-state index contributed by atoms with van der Waals surface area (Å²) >= 11 is 0. The molecule has 1 amide bonds. The quantitative estimate of drug-likeness (QED) is 0.830. The second-order valence-electron chi connectivity index (χ2n) is 4.87. The molecule has 0 aliphatic heterocycles. The molecule has 108 valence electrons. The predicted octanol–water partition coefficient (Wildman–Crippen LogP) is 0.556. The van der Waals surface area contributed by atoms with Crippen LogP contribution in [-0.4, -0.2) is 55.1 Å². The first-order valence-electron chi connectivity index (χ1n) is 6.52. The van der Waals surface area contributed by atoms with E-state index in [-0.39, 0.29) is 18.5 Å². The molecule has 1 aromatic carbocycles. The number of hydrogen-bond donors (Lipinski definition) is 2. The Morgan fingerprint density at radius 2 is 2.00 bits per heavy atom. The summed E-state index contributed by atoms with van der Waals surface area (Å²) in [4.78, 5) is 24.6. The van der Waals surface area contributed by atoms with Gasteiger partial charge in [-0.2, -0.15) is 5.21 Å². The molecule has 0 saturated heterocycles. The number of aliphatic carboxylic acids is 1. The maximum Gasteiger partial charge on any atom is 0.323 e. The minimum Gasteiger partial charge on any atom is -0.480 e. The summed E-state index contributed by atoms with van der Waals surface area (Å²) < 4.78 is 0. The van der Waals surface area contributed by atoms with E-state index in [2.05, 4.69) is 20.6 Å². The molecule has 1 aliphatic carbocycles. The highest BCUT2D eigenvalue weighted by Gasteiger charge is 2.34. The van der Waals surface area contributed by atoms with Crippen LogP contribution in [0, 0.1) is 0 Å². The molecular weight excluding hydrogens is 274 g/mol. The second-order valence-corrected chi connectivity index (χ2v) is 4.87. The molecule has 21 heavy (non-hydrogen) atoms. The standard InChI is InChI=1S/C13H13N5O3/c19-11(20)7-18(10-5-6-10)13(21)9-3-1-8(2-4-9)12-14-16-17-15-12/h1-4,10H,5-7H2,(H,19,20)(H,14,15,16,17). The van der Waals surface area contributed by atoms with Crippen molar-refractivity contribution in [1.82, 2.24) is 25.5 Å². The number of nitrogens with zero attached hydrogens (tertiary/aromatic N) is 4. The van der Waals surface area contributed by atoms with Gasteiger partial charge < -0.3 is 10.0 Å². The van der Waals surface area contributed by atoms with Gasteiger partial charge in [0.1, 0.15) is 6.54 Å². The van der Waals surface area contributed by atoms with E-state index >= 15 is 0 Å². The number of nitrogens with one attached hydrogen (secondary N) is 1. The third kappa shape index (κ3) is 2.88. The number of carbonyl (C=O) groups is 2. The molecule has 8 nitrogen and oxygen atoms in total. The van der Waals surface area contributed by atoms with E-state index in [1.807, 2.05) is 0 Å². The molecule has 2 N–H and O–H groups in total. The number of benzene rings is 1. The van der Waals surface area contributed by atoms with Crippen LogP contribution in [0.15, 0.2) is 24.3 Å². The largest absolute Gasteiger partial charge is 0.480 e. The molecule has 0 radical (unpaired) electrons. The van der Waals surface area contributed by atoms with Gasteiger partial charge >= 0.3 is 5.97 Å². The normalized spacial score (nSPS) is 13.9. The van der Waals surface area contributed by atoms with Crippen LogP contribution in [0.1, 0.15) is 23.2 Å². The summed E-state index contributed by atoms with van der Waals surface area (Å²) in [6.45, 7) is -0.268. The Kier molecular flexibility index (Phi) is 3.35. The Hall–Kier alpha value is -2.77. The maximum atomic E-state index is 12.4. The summed E-state index contributed by atoms with van der Waals surface area (Å²) in [5, 5.41) is 22.4.